The van der Waals surface area contributed by atoms with Crippen molar-refractivity contribution in [3.8, 4) is 5.69 Å². The van der Waals surface area contributed by atoms with Gasteiger partial charge in [-0.2, -0.15) is 5.10 Å². The van der Waals surface area contributed by atoms with Crippen LogP contribution >= 0.6 is 11.3 Å². The number of carbonyl (C=O) groups is 1. The van der Waals surface area contributed by atoms with Gasteiger partial charge in [-0.05, 0) is 25.0 Å². The van der Waals surface area contributed by atoms with E-state index in [-0.39, 0.29) is 11.8 Å². The highest BCUT2D eigenvalue weighted by Gasteiger charge is 2.21. The highest BCUT2D eigenvalue weighted by Crippen LogP contribution is 2.23. The molecule has 0 atom stereocenters. The van der Waals surface area contributed by atoms with Gasteiger partial charge in [0.25, 0.3) is 5.91 Å². The Bertz CT molecular complexity index is 1060. The Labute approximate surface area is 161 Å². The van der Waals surface area contributed by atoms with Crippen molar-refractivity contribution in [2.75, 3.05) is 0 Å². The van der Waals surface area contributed by atoms with Crippen LogP contribution in [0.5, 0.6) is 0 Å². The summed E-state index contributed by atoms with van der Waals surface area (Å²) in [5.74, 6) is 0.0286. The highest BCUT2D eigenvalue weighted by molar-refractivity contribution is 7.15. The van der Waals surface area contributed by atoms with Crippen LogP contribution < -0.4 is 5.32 Å². The van der Waals surface area contributed by atoms with Gasteiger partial charge in [-0.3, -0.25) is 9.20 Å². The van der Waals surface area contributed by atoms with Gasteiger partial charge in [-0.1, -0.05) is 31.5 Å². The summed E-state index contributed by atoms with van der Waals surface area (Å²) in [6.45, 7) is 6.58. The number of nitrogens with zero attached hydrogens (tertiary/aromatic N) is 4. The highest BCUT2D eigenvalue weighted by atomic mass is 32.1. The van der Waals surface area contributed by atoms with Crippen LogP contribution in [0.3, 0.4) is 0 Å². The van der Waals surface area contributed by atoms with Gasteiger partial charge in [-0.25, -0.2) is 9.67 Å². The third-order valence-electron chi connectivity index (χ3n) is 4.45. The largest absolute Gasteiger partial charge is 0.346 e. The van der Waals surface area contributed by atoms with Crippen LogP contribution in [0.1, 0.15) is 47.1 Å². The van der Waals surface area contributed by atoms with Gasteiger partial charge in [0.05, 0.1) is 35.4 Å². The minimum Gasteiger partial charge on any atom is -0.346 e. The Morgan fingerprint density at radius 1 is 1.26 bits per heavy atom. The number of aryl methyl sites for hydroxylation is 1. The molecule has 0 bridgehead atoms. The zero-order valence-corrected chi connectivity index (χ0v) is 16.3. The molecule has 4 aromatic rings. The minimum atomic E-state index is -0.131. The lowest BCUT2D eigenvalue weighted by Crippen LogP contribution is -2.24. The van der Waals surface area contributed by atoms with Crippen molar-refractivity contribution in [2.45, 2.75) is 33.2 Å². The Balaban J connectivity index is 1.57. The van der Waals surface area contributed by atoms with Crippen molar-refractivity contribution >= 4 is 22.2 Å². The second kappa shape index (κ2) is 7.00. The lowest BCUT2D eigenvalue weighted by Gasteiger charge is -2.13. The number of fused-ring (bicyclic) bond motifs is 1. The molecule has 0 saturated heterocycles. The summed E-state index contributed by atoms with van der Waals surface area (Å²) in [7, 11) is 0. The second-order valence-corrected chi connectivity index (χ2v) is 7.73. The summed E-state index contributed by atoms with van der Waals surface area (Å²) in [6.07, 6.45) is 5.54. The first-order valence-corrected chi connectivity index (χ1v) is 9.75. The van der Waals surface area contributed by atoms with Crippen LogP contribution in [0.25, 0.3) is 10.6 Å². The second-order valence-electron chi connectivity index (χ2n) is 6.85. The number of amides is 1. The number of thiazole rings is 1. The molecule has 0 radical (unpaired) electrons. The van der Waals surface area contributed by atoms with E-state index >= 15 is 0 Å². The Morgan fingerprint density at radius 3 is 2.74 bits per heavy atom. The zero-order chi connectivity index (χ0) is 19.0. The first-order valence-electron chi connectivity index (χ1n) is 8.87. The Morgan fingerprint density at radius 2 is 2.04 bits per heavy atom. The molecule has 27 heavy (non-hydrogen) atoms. The molecular weight excluding hydrogens is 358 g/mol. The Hall–Kier alpha value is -2.93. The molecule has 7 heteroatoms. The van der Waals surface area contributed by atoms with Crippen molar-refractivity contribution in [3.05, 3.63) is 70.8 Å². The zero-order valence-electron chi connectivity index (χ0n) is 15.5. The third-order valence-corrected chi connectivity index (χ3v) is 5.22. The fourth-order valence-corrected chi connectivity index (χ4v) is 3.83. The first-order chi connectivity index (χ1) is 13.0. The monoisotopic (exact) mass is 379 g/mol. The van der Waals surface area contributed by atoms with E-state index in [4.69, 9.17) is 0 Å². The van der Waals surface area contributed by atoms with E-state index in [0.717, 1.165) is 22.0 Å². The molecular formula is C20H21N5OS. The summed E-state index contributed by atoms with van der Waals surface area (Å²) in [5.41, 5.74) is 4.49. The molecule has 4 rings (SSSR count). The smallest absolute Gasteiger partial charge is 0.255 e. The fourth-order valence-electron chi connectivity index (χ4n) is 3.11. The molecule has 1 N–H and O–H groups in total. The van der Waals surface area contributed by atoms with E-state index in [2.05, 4.69) is 36.2 Å². The lowest BCUT2D eigenvalue weighted by atomic mass is 10.0. The molecule has 1 amide bonds. The average Bonchev–Trinajstić information content (AvgIpc) is 3.34. The van der Waals surface area contributed by atoms with E-state index in [1.54, 1.807) is 17.5 Å². The van der Waals surface area contributed by atoms with Crippen LogP contribution in [0, 0.1) is 6.92 Å². The molecule has 0 spiro atoms. The standard InChI is InChI=1S/C20H21N5OS/c1-13(2)18-17(11-22-25(18)16-6-4-14(3)5-7-16)19(26)21-10-15-12-24-8-9-27-20(24)23-15/h4-9,11-13H,10H2,1-3H3,(H,21,26). The van der Waals surface area contributed by atoms with E-state index in [1.807, 2.05) is 51.1 Å². The molecule has 0 fully saturated rings. The van der Waals surface area contributed by atoms with E-state index < -0.39 is 0 Å². The summed E-state index contributed by atoms with van der Waals surface area (Å²) >= 11 is 1.57. The van der Waals surface area contributed by atoms with Gasteiger partial charge in [-0.15, -0.1) is 11.3 Å². The van der Waals surface area contributed by atoms with Gasteiger partial charge in [0.2, 0.25) is 0 Å². The number of hydrogen-bond acceptors (Lipinski definition) is 4. The number of aromatic nitrogens is 4. The maximum Gasteiger partial charge on any atom is 0.255 e. The van der Waals surface area contributed by atoms with Crippen molar-refractivity contribution in [1.82, 2.24) is 24.5 Å². The van der Waals surface area contributed by atoms with Crippen molar-refractivity contribution in [1.29, 1.82) is 0 Å². The van der Waals surface area contributed by atoms with Gasteiger partial charge in [0, 0.05) is 17.8 Å². The molecule has 138 valence electrons. The number of benzene rings is 1. The lowest BCUT2D eigenvalue weighted by molar-refractivity contribution is 0.0949. The van der Waals surface area contributed by atoms with Crippen molar-refractivity contribution in [2.24, 2.45) is 0 Å². The molecule has 0 saturated carbocycles. The normalized spacial score (nSPS) is 11.4. The number of rotatable bonds is 5. The van der Waals surface area contributed by atoms with Crippen molar-refractivity contribution < 1.29 is 4.79 Å². The van der Waals surface area contributed by atoms with Gasteiger partial charge in [0.1, 0.15) is 0 Å². The van der Waals surface area contributed by atoms with Crippen LogP contribution in [0.2, 0.25) is 0 Å². The maximum atomic E-state index is 12.8. The average molecular weight is 379 g/mol. The molecule has 3 aromatic heterocycles. The molecule has 3 heterocycles. The molecule has 0 aliphatic carbocycles. The fraction of sp³-hybridized carbons (Fsp3) is 0.250. The summed E-state index contributed by atoms with van der Waals surface area (Å²) in [5, 5.41) is 9.43. The van der Waals surface area contributed by atoms with Crippen LogP contribution in [-0.4, -0.2) is 25.1 Å². The Kier molecular flexibility index (Phi) is 4.53. The molecule has 0 unspecified atom stereocenters. The predicted octanol–water partition coefficient (Wildman–Crippen LogP) is 3.94. The van der Waals surface area contributed by atoms with Crippen LogP contribution in [0.4, 0.5) is 0 Å². The molecule has 1 aromatic carbocycles. The van der Waals surface area contributed by atoms with E-state index in [1.165, 1.54) is 5.56 Å². The summed E-state index contributed by atoms with van der Waals surface area (Å²) < 4.78 is 3.81. The van der Waals surface area contributed by atoms with Gasteiger partial charge in [0.15, 0.2) is 4.96 Å². The number of nitrogens with one attached hydrogen (secondary N) is 1. The van der Waals surface area contributed by atoms with Crippen LogP contribution in [0.15, 0.2) is 48.2 Å². The quantitative estimate of drug-likeness (QED) is 0.571. The van der Waals surface area contributed by atoms with Gasteiger partial charge >= 0.3 is 0 Å². The van der Waals surface area contributed by atoms with Crippen molar-refractivity contribution in [3.63, 3.8) is 0 Å². The first kappa shape index (κ1) is 17.5. The number of hydrogen-bond donors (Lipinski definition) is 1. The van der Waals surface area contributed by atoms with E-state index in [0.29, 0.717) is 12.1 Å². The third kappa shape index (κ3) is 3.38. The topological polar surface area (TPSA) is 64.2 Å². The van der Waals surface area contributed by atoms with Gasteiger partial charge < -0.3 is 5.32 Å². The summed E-state index contributed by atoms with van der Waals surface area (Å²) in [4.78, 5) is 18.2. The number of imidazole rings is 1. The molecule has 0 aliphatic heterocycles. The summed E-state index contributed by atoms with van der Waals surface area (Å²) in [6, 6.07) is 8.14. The van der Waals surface area contributed by atoms with E-state index in [9.17, 15) is 4.79 Å². The minimum absolute atomic E-state index is 0.131. The van der Waals surface area contributed by atoms with Crippen LogP contribution in [-0.2, 0) is 6.54 Å². The molecule has 6 nitrogen and oxygen atoms in total. The predicted molar refractivity (Wildman–Crippen MR) is 107 cm³/mol. The molecule has 0 aliphatic rings. The number of carbonyl (C=O) groups excluding carboxylic acids is 1. The maximum absolute atomic E-state index is 12.8. The SMILES string of the molecule is Cc1ccc(-n2ncc(C(=O)NCc3cn4ccsc4n3)c2C(C)C)cc1.